The lowest BCUT2D eigenvalue weighted by Crippen LogP contribution is -2.34. The quantitative estimate of drug-likeness (QED) is 0.606. The molecule has 1 heterocycles. The Morgan fingerprint density at radius 1 is 1.15 bits per heavy atom. The highest BCUT2D eigenvalue weighted by atomic mass is 31.0. The lowest BCUT2D eigenvalue weighted by molar-refractivity contribution is -0.107. The molecular weight excluding hydrogens is 340 g/mol. The van der Waals surface area contributed by atoms with Crippen LogP contribution in [0.25, 0.3) is 5.70 Å². The fraction of sp³-hybridized carbons (Fsp3) is 0.250. The molecule has 3 rings (SSSR count). The van der Waals surface area contributed by atoms with Crippen molar-refractivity contribution in [3.63, 3.8) is 0 Å². The topological polar surface area (TPSA) is 44.7 Å². The van der Waals surface area contributed by atoms with E-state index in [0.29, 0.717) is 6.54 Å². The van der Waals surface area contributed by atoms with Gasteiger partial charge in [0.15, 0.2) is 0 Å². The van der Waals surface area contributed by atoms with E-state index in [1.807, 2.05) is 24.3 Å². The molecule has 6 heteroatoms. The first-order valence-corrected chi connectivity index (χ1v) is 9.30. The predicted molar refractivity (Wildman–Crippen MR) is 112 cm³/mol. The molecule has 0 fully saturated rings. The summed E-state index contributed by atoms with van der Waals surface area (Å²) in [5, 5.41) is 3.40. The summed E-state index contributed by atoms with van der Waals surface area (Å²) in [5.74, 6) is 0. The summed E-state index contributed by atoms with van der Waals surface area (Å²) >= 11 is 0. The summed E-state index contributed by atoms with van der Waals surface area (Å²) in [6.45, 7) is 6.75. The number of para-hydroxylation sites is 1. The minimum Gasteiger partial charge on any atom is -0.380 e. The Hall–Kier alpha value is -2.39. The van der Waals surface area contributed by atoms with Crippen molar-refractivity contribution in [3.05, 3.63) is 59.7 Å². The highest BCUT2D eigenvalue weighted by Crippen LogP contribution is 2.23. The third-order valence-electron chi connectivity index (χ3n) is 4.62. The summed E-state index contributed by atoms with van der Waals surface area (Å²) in [6.07, 6.45) is 1.66. The van der Waals surface area contributed by atoms with Gasteiger partial charge in [0.2, 0.25) is 7.28 Å². The average molecular weight is 362 g/mol. The zero-order valence-corrected chi connectivity index (χ0v) is 16.1. The number of benzene rings is 2. The van der Waals surface area contributed by atoms with Crippen LogP contribution in [-0.2, 0) is 11.3 Å². The number of fused-ring (bicyclic) bond motifs is 1. The van der Waals surface area contributed by atoms with Crippen LogP contribution in [0.15, 0.2) is 53.3 Å². The molecule has 0 spiro atoms. The molecule has 0 amide bonds. The molecule has 2 aromatic rings. The van der Waals surface area contributed by atoms with Gasteiger partial charge in [-0.1, -0.05) is 29.7 Å². The van der Waals surface area contributed by atoms with Gasteiger partial charge in [-0.3, -0.25) is 0 Å². The maximum Gasteiger partial charge on any atom is 0.248 e. The third-order valence-corrected chi connectivity index (χ3v) is 4.86. The minimum absolute atomic E-state index is 0.00907. The smallest absolute Gasteiger partial charge is 0.248 e. The fourth-order valence-corrected chi connectivity index (χ4v) is 3.44. The zero-order chi connectivity index (χ0) is 18.5. The lowest BCUT2D eigenvalue weighted by Gasteiger charge is -2.25. The van der Waals surface area contributed by atoms with Crippen molar-refractivity contribution in [2.24, 2.45) is 4.74 Å². The molecule has 26 heavy (non-hydrogen) atoms. The molecule has 1 aliphatic rings. The molecule has 0 saturated heterocycles. The maximum atomic E-state index is 12.2. The van der Waals surface area contributed by atoms with Crippen LogP contribution in [0.1, 0.15) is 25.0 Å². The van der Waals surface area contributed by atoms with Gasteiger partial charge in [0.1, 0.15) is 5.68 Å². The van der Waals surface area contributed by atoms with Gasteiger partial charge in [0.25, 0.3) is 0 Å². The van der Waals surface area contributed by atoms with Crippen molar-refractivity contribution >= 4 is 44.5 Å². The van der Waals surface area contributed by atoms with Crippen molar-refractivity contribution in [3.8, 4) is 0 Å². The van der Waals surface area contributed by atoms with E-state index in [1.54, 1.807) is 13.4 Å². The third kappa shape index (κ3) is 3.89. The number of nitrogens with one attached hydrogen (secondary N) is 1. The molecule has 1 N–H and O–H groups in total. The molecule has 2 aromatic carbocycles. The molecule has 0 saturated carbocycles. The van der Waals surface area contributed by atoms with E-state index in [4.69, 9.17) is 0 Å². The SMILES string of the molecule is CCN(CC)c1ccc2c(c1)[B]C(=O)C=C2NCc1ccccc1N=P. The standard InChI is InChI=1S/C20H22BN3OP/c1-3-24(4-2)15-9-10-16-17(11-15)21-20(25)12-19(16)22-13-14-7-5-6-8-18(14)23-26/h5-12,22,26H,3-4,13H2,1-2H3. The normalized spacial score (nSPS) is 12.7. The van der Waals surface area contributed by atoms with Gasteiger partial charge in [-0.25, -0.2) is 4.74 Å². The molecule has 0 unspecified atom stereocenters. The van der Waals surface area contributed by atoms with E-state index in [9.17, 15) is 4.79 Å². The largest absolute Gasteiger partial charge is 0.380 e. The Morgan fingerprint density at radius 2 is 1.92 bits per heavy atom. The first-order valence-electron chi connectivity index (χ1n) is 8.85. The number of carbonyl (C=O) groups is 1. The molecule has 1 aliphatic heterocycles. The van der Waals surface area contributed by atoms with Crippen LogP contribution in [-0.4, -0.2) is 26.1 Å². The van der Waals surface area contributed by atoms with E-state index >= 15 is 0 Å². The Morgan fingerprint density at radius 3 is 2.65 bits per heavy atom. The van der Waals surface area contributed by atoms with Crippen LogP contribution in [0, 0.1) is 0 Å². The van der Waals surface area contributed by atoms with Crippen LogP contribution in [0.3, 0.4) is 0 Å². The molecule has 0 atom stereocenters. The second kappa shape index (κ2) is 8.33. The number of carbonyl (C=O) groups excluding carboxylic acids is 1. The Labute approximate surface area is 157 Å². The van der Waals surface area contributed by atoms with Gasteiger partial charge < -0.3 is 15.0 Å². The zero-order valence-electron chi connectivity index (χ0n) is 15.1. The number of nitrogens with zero attached hydrogens (tertiary/aromatic N) is 2. The molecule has 0 aromatic heterocycles. The van der Waals surface area contributed by atoms with Gasteiger partial charge in [-0.2, -0.15) is 0 Å². The summed E-state index contributed by atoms with van der Waals surface area (Å²) in [6, 6.07) is 14.2. The minimum atomic E-state index is 0.00907. The van der Waals surface area contributed by atoms with Crippen molar-refractivity contribution in [1.82, 2.24) is 5.32 Å². The lowest BCUT2D eigenvalue weighted by atomic mass is 9.61. The first kappa shape index (κ1) is 18.4. The van der Waals surface area contributed by atoms with Crippen LogP contribution in [0.4, 0.5) is 11.4 Å². The molecule has 131 valence electrons. The summed E-state index contributed by atoms with van der Waals surface area (Å²) in [4.78, 5) is 14.5. The molecule has 4 nitrogen and oxygen atoms in total. The Bertz CT molecular complexity index is 862. The van der Waals surface area contributed by atoms with Crippen molar-refractivity contribution < 1.29 is 4.79 Å². The van der Waals surface area contributed by atoms with E-state index in [2.05, 4.69) is 56.0 Å². The molecule has 0 bridgehead atoms. The second-order valence-electron chi connectivity index (χ2n) is 6.14. The Kier molecular flexibility index (Phi) is 5.90. The van der Waals surface area contributed by atoms with Crippen molar-refractivity contribution in [2.75, 3.05) is 18.0 Å². The van der Waals surface area contributed by atoms with Gasteiger partial charge in [0, 0.05) is 31.0 Å². The number of rotatable bonds is 7. The number of allylic oxidation sites excluding steroid dienone is 1. The molecular formula is C20H22BN3OP. The maximum absolute atomic E-state index is 12.2. The van der Waals surface area contributed by atoms with E-state index in [-0.39, 0.29) is 5.68 Å². The van der Waals surface area contributed by atoms with E-state index < -0.39 is 0 Å². The van der Waals surface area contributed by atoms with Crippen molar-refractivity contribution in [2.45, 2.75) is 20.4 Å². The van der Waals surface area contributed by atoms with Crippen molar-refractivity contribution in [1.29, 1.82) is 0 Å². The molecule has 0 aliphatic carbocycles. The monoisotopic (exact) mass is 362 g/mol. The highest BCUT2D eigenvalue weighted by Gasteiger charge is 2.20. The second-order valence-corrected chi connectivity index (χ2v) is 6.37. The van der Waals surface area contributed by atoms with Gasteiger partial charge in [0.05, 0.1) is 5.69 Å². The van der Waals surface area contributed by atoms with Crippen LogP contribution >= 0.6 is 9.03 Å². The van der Waals surface area contributed by atoms with Gasteiger partial charge >= 0.3 is 0 Å². The number of anilines is 1. The summed E-state index contributed by atoms with van der Waals surface area (Å²) in [5.41, 5.74) is 5.95. The number of hydrogen-bond acceptors (Lipinski definition) is 4. The van der Waals surface area contributed by atoms with Crippen LogP contribution in [0.2, 0.25) is 0 Å². The Balaban J connectivity index is 1.85. The van der Waals surface area contributed by atoms with Crippen LogP contribution < -0.4 is 15.7 Å². The predicted octanol–water partition coefficient (Wildman–Crippen LogP) is 3.49. The summed E-state index contributed by atoms with van der Waals surface area (Å²) < 4.78 is 4.11. The van der Waals surface area contributed by atoms with E-state index in [0.717, 1.165) is 46.8 Å². The highest BCUT2D eigenvalue weighted by molar-refractivity contribution is 7.04. The fourth-order valence-electron chi connectivity index (χ4n) is 3.22. The molecule has 1 radical (unpaired) electrons. The first-order chi connectivity index (χ1) is 12.7. The van der Waals surface area contributed by atoms with E-state index in [1.165, 1.54) is 0 Å². The number of hydrogen-bond donors (Lipinski definition) is 1. The summed E-state index contributed by atoms with van der Waals surface area (Å²) in [7, 11) is 4.92. The van der Waals surface area contributed by atoms with Gasteiger partial charge in [-0.15, -0.1) is 0 Å². The average Bonchev–Trinajstić information content (AvgIpc) is 2.67. The van der Waals surface area contributed by atoms with Gasteiger partial charge in [-0.05, 0) is 58.3 Å². The van der Waals surface area contributed by atoms with Crippen LogP contribution in [0.5, 0.6) is 0 Å².